The Morgan fingerprint density at radius 2 is 1.84 bits per heavy atom. The normalized spacial score (nSPS) is 19.4. The SMILES string of the molecule is CC(C)c1nn(-c2noc(C3CCN(C4(C)CCN(C(=O)OC(C)(C)C)CC4)CC3)n2)c2c(F)cccc12. The van der Waals surface area contributed by atoms with Gasteiger partial charge in [-0.3, -0.25) is 4.90 Å². The molecule has 2 fully saturated rings. The molecule has 2 aromatic heterocycles. The zero-order chi connectivity index (χ0) is 27.2. The Balaban J connectivity index is 1.23. The van der Waals surface area contributed by atoms with Crippen LogP contribution in [0.3, 0.4) is 0 Å². The molecule has 2 aliphatic heterocycles. The van der Waals surface area contributed by atoms with Crippen molar-refractivity contribution in [2.45, 2.75) is 90.2 Å². The Hall–Kier alpha value is -3.01. The van der Waals surface area contributed by atoms with E-state index in [0.717, 1.165) is 49.9 Å². The minimum Gasteiger partial charge on any atom is -0.444 e. The van der Waals surface area contributed by atoms with E-state index in [1.165, 1.54) is 10.7 Å². The summed E-state index contributed by atoms with van der Waals surface area (Å²) in [5.41, 5.74) is 0.750. The Bertz CT molecular complexity index is 1290. The number of hydrogen-bond donors (Lipinski definition) is 0. The quantitative estimate of drug-likeness (QED) is 0.435. The number of hydrogen-bond acceptors (Lipinski definition) is 7. The number of nitrogens with zero attached hydrogens (tertiary/aromatic N) is 6. The zero-order valence-corrected chi connectivity index (χ0v) is 23.3. The predicted octanol–water partition coefficient (Wildman–Crippen LogP) is 5.64. The molecule has 38 heavy (non-hydrogen) atoms. The molecule has 0 spiro atoms. The Morgan fingerprint density at radius 3 is 2.47 bits per heavy atom. The molecule has 0 saturated carbocycles. The number of ether oxygens (including phenoxy) is 1. The largest absolute Gasteiger partial charge is 0.444 e. The highest BCUT2D eigenvalue weighted by Crippen LogP contribution is 2.36. The lowest BCUT2D eigenvalue weighted by atomic mass is 9.84. The molecule has 9 nitrogen and oxygen atoms in total. The summed E-state index contributed by atoms with van der Waals surface area (Å²) in [6.45, 7) is 15.3. The van der Waals surface area contributed by atoms with Crippen molar-refractivity contribution in [3.05, 3.63) is 35.6 Å². The summed E-state index contributed by atoms with van der Waals surface area (Å²) in [7, 11) is 0. The second-order valence-corrected chi connectivity index (χ2v) is 12.2. The molecule has 4 heterocycles. The van der Waals surface area contributed by atoms with Crippen LogP contribution in [0.1, 0.15) is 90.6 Å². The van der Waals surface area contributed by atoms with Crippen molar-refractivity contribution >= 4 is 17.0 Å². The van der Waals surface area contributed by atoms with Crippen LogP contribution in [0.25, 0.3) is 16.9 Å². The van der Waals surface area contributed by atoms with Crippen LogP contribution in [-0.4, -0.2) is 73.1 Å². The smallest absolute Gasteiger partial charge is 0.410 e. The van der Waals surface area contributed by atoms with Crippen LogP contribution in [0.4, 0.5) is 9.18 Å². The average Bonchev–Trinajstić information content (AvgIpc) is 3.49. The first kappa shape index (κ1) is 26.6. The third-order valence-electron chi connectivity index (χ3n) is 7.95. The first-order valence-electron chi connectivity index (χ1n) is 13.7. The maximum Gasteiger partial charge on any atom is 0.410 e. The summed E-state index contributed by atoms with van der Waals surface area (Å²) in [4.78, 5) is 21.5. The molecule has 206 valence electrons. The van der Waals surface area contributed by atoms with Gasteiger partial charge in [-0.2, -0.15) is 14.8 Å². The number of carbonyl (C=O) groups excluding carboxylic acids is 1. The summed E-state index contributed by atoms with van der Waals surface area (Å²) >= 11 is 0. The van der Waals surface area contributed by atoms with Gasteiger partial charge in [-0.25, -0.2) is 9.18 Å². The number of likely N-dealkylation sites (tertiary alicyclic amines) is 2. The number of para-hydroxylation sites is 1. The number of halogens is 1. The highest BCUT2D eigenvalue weighted by atomic mass is 19.1. The van der Waals surface area contributed by atoms with Crippen LogP contribution in [0.2, 0.25) is 0 Å². The lowest BCUT2D eigenvalue weighted by molar-refractivity contribution is -0.00859. The molecule has 0 radical (unpaired) electrons. The van der Waals surface area contributed by atoms with Crippen molar-refractivity contribution in [3.63, 3.8) is 0 Å². The lowest BCUT2D eigenvalue weighted by Gasteiger charge is -2.48. The van der Waals surface area contributed by atoms with E-state index in [-0.39, 0.29) is 35.2 Å². The number of rotatable bonds is 4. The number of amides is 1. The van der Waals surface area contributed by atoms with Gasteiger partial charge in [0.15, 0.2) is 0 Å². The Labute approximate surface area is 223 Å². The second kappa shape index (κ2) is 9.94. The minimum atomic E-state index is -0.482. The molecule has 1 amide bonds. The molecular weight excluding hydrogens is 487 g/mol. The van der Waals surface area contributed by atoms with Crippen molar-refractivity contribution in [1.82, 2.24) is 29.7 Å². The summed E-state index contributed by atoms with van der Waals surface area (Å²) < 4.78 is 27.5. The van der Waals surface area contributed by atoms with Crippen LogP contribution in [0.15, 0.2) is 22.7 Å². The molecule has 0 atom stereocenters. The molecule has 10 heteroatoms. The van der Waals surface area contributed by atoms with Gasteiger partial charge in [0.25, 0.3) is 5.95 Å². The topological polar surface area (TPSA) is 89.5 Å². The van der Waals surface area contributed by atoms with Gasteiger partial charge in [-0.15, -0.1) is 0 Å². The molecule has 3 aromatic rings. The van der Waals surface area contributed by atoms with E-state index < -0.39 is 5.60 Å². The lowest BCUT2D eigenvalue weighted by Crippen LogP contribution is -2.56. The van der Waals surface area contributed by atoms with Crippen molar-refractivity contribution in [2.75, 3.05) is 26.2 Å². The predicted molar refractivity (Wildman–Crippen MR) is 142 cm³/mol. The monoisotopic (exact) mass is 526 g/mol. The molecule has 1 aromatic carbocycles. The van der Waals surface area contributed by atoms with Crippen LogP contribution in [0, 0.1) is 5.82 Å². The fourth-order valence-electron chi connectivity index (χ4n) is 5.68. The van der Waals surface area contributed by atoms with Gasteiger partial charge in [0, 0.05) is 29.9 Å². The van der Waals surface area contributed by atoms with Gasteiger partial charge in [0.05, 0.1) is 5.69 Å². The summed E-state index contributed by atoms with van der Waals surface area (Å²) in [5.74, 6) is 0.775. The molecule has 2 aliphatic rings. The number of carbonyl (C=O) groups is 1. The van der Waals surface area contributed by atoms with Gasteiger partial charge >= 0.3 is 6.09 Å². The Morgan fingerprint density at radius 1 is 1.16 bits per heavy atom. The molecule has 2 saturated heterocycles. The molecule has 0 unspecified atom stereocenters. The first-order chi connectivity index (χ1) is 17.9. The number of aromatic nitrogens is 4. The van der Waals surface area contributed by atoms with Crippen LogP contribution in [-0.2, 0) is 4.74 Å². The summed E-state index contributed by atoms with van der Waals surface area (Å²) in [6.07, 6.45) is 3.41. The van der Waals surface area contributed by atoms with Crippen LogP contribution in [0.5, 0.6) is 0 Å². The molecule has 0 aliphatic carbocycles. The van der Waals surface area contributed by atoms with Crippen molar-refractivity contribution in [1.29, 1.82) is 0 Å². The van der Waals surface area contributed by atoms with E-state index in [4.69, 9.17) is 9.26 Å². The van der Waals surface area contributed by atoms with Crippen molar-refractivity contribution in [3.8, 4) is 5.95 Å². The second-order valence-electron chi connectivity index (χ2n) is 12.2. The zero-order valence-electron chi connectivity index (χ0n) is 23.3. The van der Waals surface area contributed by atoms with E-state index in [2.05, 4.69) is 27.1 Å². The highest BCUT2D eigenvalue weighted by molar-refractivity contribution is 5.84. The van der Waals surface area contributed by atoms with Gasteiger partial charge in [0.1, 0.15) is 16.9 Å². The van der Waals surface area contributed by atoms with E-state index in [9.17, 15) is 9.18 Å². The Kier molecular flexibility index (Phi) is 6.96. The molecule has 0 N–H and O–H groups in total. The standard InChI is InChI=1S/C28H39FN6O3/c1-18(2)22-20-8-7-9-21(29)23(20)35(31-22)25-30-24(38-32-25)19-10-14-34(15-11-19)28(6)12-16-33(17-13-28)26(36)37-27(3,4)5/h7-9,18-19H,10-17H2,1-6H3. The molecule has 0 bridgehead atoms. The average molecular weight is 527 g/mol. The third-order valence-corrected chi connectivity index (χ3v) is 7.95. The van der Waals surface area contributed by atoms with Gasteiger partial charge in [0.2, 0.25) is 5.89 Å². The molecular formula is C28H39FN6O3. The fraction of sp³-hybridized carbons (Fsp3) is 0.643. The summed E-state index contributed by atoms with van der Waals surface area (Å²) in [6, 6.07) is 5.01. The van der Waals surface area contributed by atoms with E-state index in [1.54, 1.807) is 6.07 Å². The van der Waals surface area contributed by atoms with Crippen molar-refractivity contribution in [2.24, 2.45) is 0 Å². The maximum absolute atomic E-state index is 14.8. The number of fused-ring (bicyclic) bond motifs is 1. The third kappa shape index (κ3) is 5.15. The van der Waals surface area contributed by atoms with E-state index in [0.29, 0.717) is 24.5 Å². The minimum absolute atomic E-state index is 0.0439. The van der Waals surface area contributed by atoms with Gasteiger partial charge in [-0.05, 0) is 83.6 Å². The van der Waals surface area contributed by atoms with Gasteiger partial charge in [-0.1, -0.05) is 26.0 Å². The van der Waals surface area contributed by atoms with Gasteiger partial charge < -0.3 is 14.2 Å². The highest BCUT2D eigenvalue weighted by Gasteiger charge is 2.40. The van der Waals surface area contributed by atoms with Crippen LogP contribution < -0.4 is 0 Å². The van der Waals surface area contributed by atoms with Crippen LogP contribution >= 0.6 is 0 Å². The van der Waals surface area contributed by atoms with E-state index in [1.807, 2.05) is 45.6 Å². The molecule has 5 rings (SSSR count). The summed E-state index contributed by atoms with van der Waals surface area (Å²) in [5, 5.41) is 9.60. The van der Waals surface area contributed by atoms with E-state index >= 15 is 0 Å². The fourth-order valence-corrected chi connectivity index (χ4v) is 5.68. The first-order valence-corrected chi connectivity index (χ1v) is 13.7. The van der Waals surface area contributed by atoms with Crippen molar-refractivity contribution < 1.29 is 18.4 Å². The number of benzene rings is 1. The maximum atomic E-state index is 14.8. The number of piperidine rings is 2.